The molecule has 0 bridgehead atoms. The molecule has 112 valence electrons. The first-order valence-electron chi connectivity index (χ1n) is 6.24. The molecule has 0 aromatic carbocycles. The highest BCUT2D eigenvalue weighted by molar-refractivity contribution is 7.90. The predicted octanol–water partition coefficient (Wildman–Crippen LogP) is -1.22. The van der Waals surface area contributed by atoms with Crippen LogP contribution in [0.4, 0.5) is 0 Å². The number of nitrogens with two attached hydrogens (primary N) is 1. The van der Waals surface area contributed by atoms with Crippen LogP contribution in [0.25, 0.3) is 0 Å². The molecule has 0 aliphatic carbocycles. The van der Waals surface area contributed by atoms with Gasteiger partial charge in [-0.3, -0.25) is 9.59 Å². The minimum atomic E-state index is -3.12. The average molecular weight is 293 g/mol. The van der Waals surface area contributed by atoms with Crippen LogP contribution in [0.3, 0.4) is 0 Å². The number of hydrogen-bond acceptors (Lipinski definition) is 5. The fourth-order valence-corrected chi connectivity index (χ4v) is 1.94. The number of sulfone groups is 1. The van der Waals surface area contributed by atoms with Gasteiger partial charge in [-0.05, 0) is 12.8 Å². The van der Waals surface area contributed by atoms with Crippen molar-refractivity contribution < 1.29 is 18.0 Å². The summed E-state index contributed by atoms with van der Waals surface area (Å²) in [4.78, 5) is 22.7. The van der Waals surface area contributed by atoms with Crippen molar-refractivity contribution in [1.29, 1.82) is 0 Å². The van der Waals surface area contributed by atoms with E-state index < -0.39 is 21.8 Å². The zero-order valence-electron chi connectivity index (χ0n) is 11.4. The average Bonchev–Trinajstić information content (AvgIpc) is 2.32. The largest absolute Gasteiger partial charge is 0.356 e. The van der Waals surface area contributed by atoms with E-state index in [0.717, 1.165) is 12.7 Å². The van der Waals surface area contributed by atoms with E-state index in [0.29, 0.717) is 6.54 Å². The standard InChI is InChI=1S/C11H23N3O4S/c1-3-6-13-10(15)4-7-14-11(16)9(12)5-8-19(2,17)18/h9H,3-8,12H2,1-2H3,(H,13,15)(H,14,16). The summed E-state index contributed by atoms with van der Waals surface area (Å²) in [5.41, 5.74) is 5.54. The van der Waals surface area contributed by atoms with Gasteiger partial charge in [0.2, 0.25) is 11.8 Å². The van der Waals surface area contributed by atoms with Crippen molar-refractivity contribution in [3.05, 3.63) is 0 Å². The number of carbonyl (C=O) groups excluding carboxylic acids is 2. The Hall–Kier alpha value is -1.15. The third kappa shape index (κ3) is 10.5. The lowest BCUT2D eigenvalue weighted by Crippen LogP contribution is -2.42. The van der Waals surface area contributed by atoms with E-state index in [9.17, 15) is 18.0 Å². The molecule has 0 aliphatic heterocycles. The van der Waals surface area contributed by atoms with E-state index in [4.69, 9.17) is 5.73 Å². The lowest BCUT2D eigenvalue weighted by Gasteiger charge is -2.11. The second-order valence-electron chi connectivity index (χ2n) is 4.42. The van der Waals surface area contributed by atoms with Crippen LogP contribution >= 0.6 is 0 Å². The van der Waals surface area contributed by atoms with Crippen LogP contribution in [-0.2, 0) is 19.4 Å². The van der Waals surface area contributed by atoms with Crippen molar-refractivity contribution in [3.63, 3.8) is 0 Å². The minimum absolute atomic E-state index is 0.0761. The Bertz CT molecular complexity index is 395. The van der Waals surface area contributed by atoms with Crippen molar-refractivity contribution in [3.8, 4) is 0 Å². The Balaban J connectivity index is 3.82. The molecule has 0 heterocycles. The van der Waals surface area contributed by atoms with Crippen LogP contribution in [0.5, 0.6) is 0 Å². The Morgan fingerprint density at radius 1 is 1.21 bits per heavy atom. The molecular formula is C11H23N3O4S. The van der Waals surface area contributed by atoms with Gasteiger partial charge >= 0.3 is 0 Å². The Morgan fingerprint density at radius 3 is 2.37 bits per heavy atom. The fraction of sp³-hybridized carbons (Fsp3) is 0.818. The van der Waals surface area contributed by atoms with Gasteiger partial charge in [0.1, 0.15) is 9.84 Å². The zero-order chi connectivity index (χ0) is 14.9. The number of amides is 2. The van der Waals surface area contributed by atoms with Gasteiger partial charge in [-0.25, -0.2) is 8.42 Å². The molecule has 7 nitrogen and oxygen atoms in total. The van der Waals surface area contributed by atoms with Crippen LogP contribution in [-0.4, -0.2) is 51.4 Å². The van der Waals surface area contributed by atoms with Crippen LogP contribution < -0.4 is 16.4 Å². The molecule has 4 N–H and O–H groups in total. The second-order valence-corrected chi connectivity index (χ2v) is 6.68. The number of rotatable bonds is 9. The highest BCUT2D eigenvalue weighted by atomic mass is 32.2. The van der Waals surface area contributed by atoms with Crippen LogP contribution in [0.2, 0.25) is 0 Å². The minimum Gasteiger partial charge on any atom is -0.356 e. The summed E-state index contributed by atoms with van der Waals surface area (Å²) in [7, 11) is -3.12. The molecule has 0 radical (unpaired) electrons. The smallest absolute Gasteiger partial charge is 0.236 e. The first-order chi connectivity index (χ1) is 8.76. The van der Waals surface area contributed by atoms with Gasteiger partial charge in [-0.15, -0.1) is 0 Å². The van der Waals surface area contributed by atoms with E-state index in [1.807, 2.05) is 6.92 Å². The summed E-state index contributed by atoms with van der Waals surface area (Å²) in [6.45, 7) is 2.75. The number of carbonyl (C=O) groups is 2. The molecule has 0 aliphatic rings. The summed E-state index contributed by atoms with van der Waals surface area (Å²) >= 11 is 0. The first kappa shape index (κ1) is 17.8. The molecule has 0 saturated carbocycles. The molecule has 0 aromatic rings. The van der Waals surface area contributed by atoms with Gasteiger partial charge in [0.25, 0.3) is 0 Å². The molecule has 1 atom stereocenters. The van der Waals surface area contributed by atoms with Gasteiger partial charge in [-0.2, -0.15) is 0 Å². The normalized spacial score (nSPS) is 12.8. The molecule has 0 saturated heterocycles. The van der Waals surface area contributed by atoms with Gasteiger partial charge in [0.15, 0.2) is 0 Å². The van der Waals surface area contributed by atoms with Gasteiger partial charge in [-0.1, -0.05) is 6.92 Å². The SMILES string of the molecule is CCCNC(=O)CCNC(=O)C(N)CCS(C)(=O)=O. The molecule has 8 heteroatoms. The van der Waals surface area contributed by atoms with Crippen LogP contribution in [0, 0.1) is 0 Å². The van der Waals surface area contributed by atoms with Gasteiger partial charge in [0, 0.05) is 25.8 Å². The maximum atomic E-state index is 11.5. The molecule has 0 fully saturated rings. The van der Waals surface area contributed by atoms with Crippen molar-refractivity contribution in [2.24, 2.45) is 5.73 Å². The molecule has 1 unspecified atom stereocenters. The summed E-state index contributed by atoms with van der Waals surface area (Å²) in [5.74, 6) is -0.697. The third-order valence-electron chi connectivity index (χ3n) is 2.36. The molecular weight excluding hydrogens is 270 g/mol. The van der Waals surface area contributed by atoms with E-state index in [2.05, 4.69) is 10.6 Å². The Kier molecular flexibility index (Phi) is 8.33. The van der Waals surface area contributed by atoms with Crippen molar-refractivity contribution >= 4 is 21.7 Å². The lowest BCUT2D eigenvalue weighted by molar-refractivity contribution is -0.123. The van der Waals surface area contributed by atoms with Gasteiger partial charge < -0.3 is 16.4 Å². The van der Waals surface area contributed by atoms with Crippen LogP contribution in [0.1, 0.15) is 26.2 Å². The number of nitrogens with one attached hydrogen (secondary N) is 2. The summed E-state index contributed by atoms with van der Waals surface area (Å²) in [6, 6.07) is -0.867. The Labute approximate surface area is 114 Å². The first-order valence-corrected chi connectivity index (χ1v) is 8.30. The molecule has 0 aromatic heterocycles. The van der Waals surface area contributed by atoms with E-state index in [1.54, 1.807) is 0 Å². The zero-order valence-corrected chi connectivity index (χ0v) is 12.3. The predicted molar refractivity (Wildman–Crippen MR) is 73.2 cm³/mol. The second kappa shape index (κ2) is 8.87. The van der Waals surface area contributed by atoms with E-state index in [1.165, 1.54) is 0 Å². The molecule has 0 rings (SSSR count). The lowest BCUT2D eigenvalue weighted by atomic mass is 10.2. The highest BCUT2D eigenvalue weighted by Gasteiger charge is 2.15. The number of hydrogen-bond donors (Lipinski definition) is 3. The van der Waals surface area contributed by atoms with Crippen molar-refractivity contribution in [2.75, 3.05) is 25.1 Å². The van der Waals surface area contributed by atoms with Crippen molar-refractivity contribution in [2.45, 2.75) is 32.2 Å². The summed E-state index contributed by atoms with van der Waals surface area (Å²) in [6.07, 6.45) is 2.21. The molecule has 2 amide bonds. The third-order valence-corrected chi connectivity index (χ3v) is 3.34. The summed E-state index contributed by atoms with van der Waals surface area (Å²) in [5, 5.41) is 5.19. The highest BCUT2D eigenvalue weighted by Crippen LogP contribution is 1.94. The Morgan fingerprint density at radius 2 is 1.84 bits per heavy atom. The summed E-state index contributed by atoms with van der Waals surface area (Å²) < 4.78 is 21.8. The maximum absolute atomic E-state index is 11.5. The molecule has 0 spiro atoms. The quantitative estimate of drug-likeness (QED) is 0.492. The monoisotopic (exact) mass is 293 g/mol. The fourth-order valence-electron chi connectivity index (χ4n) is 1.26. The van der Waals surface area contributed by atoms with Gasteiger partial charge in [0.05, 0.1) is 11.8 Å². The van der Waals surface area contributed by atoms with E-state index >= 15 is 0 Å². The van der Waals surface area contributed by atoms with Crippen LogP contribution in [0.15, 0.2) is 0 Å². The topological polar surface area (TPSA) is 118 Å². The van der Waals surface area contributed by atoms with E-state index in [-0.39, 0.29) is 31.0 Å². The maximum Gasteiger partial charge on any atom is 0.236 e. The molecule has 19 heavy (non-hydrogen) atoms. The van der Waals surface area contributed by atoms with Crippen molar-refractivity contribution in [1.82, 2.24) is 10.6 Å².